The molecule has 0 bridgehead atoms. The third-order valence-corrected chi connectivity index (χ3v) is 10.5. The van der Waals surface area contributed by atoms with Gasteiger partial charge in [-0.15, -0.1) is 0 Å². The molecule has 0 unspecified atom stereocenters. The summed E-state index contributed by atoms with van der Waals surface area (Å²) in [5.41, 5.74) is 2.58. The van der Waals surface area contributed by atoms with Crippen LogP contribution < -0.4 is 5.32 Å². The van der Waals surface area contributed by atoms with Crippen LogP contribution in [-0.2, 0) is 54.2 Å². The van der Waals surface area contributed by atoms with Crippen molar-refractivity contribution >= 4 is 52.9 Å². The van der Waals surface area contributed by atoms with Crippen molar-refractivity contribution < 1.29 is 42.9 Å². The topological polar surface area (TPSA) is 162 Å². The molecule has 0 saturated heterocycles. The quantitative estimate of drug-likeness (QED) is 0.0687. The average molecular weight is 793 g/mol. The molecule has 5 rings (SSSR count). The van der Waals surface area contributed by atoms with E-state index < -0.39 is 65.4 Å². The molecule has 13 nitrogen and oxygen atoms in total. The van der Waals surface area contributed by atoms with Crippen molar-refractivity contribution in [1.82, 2.24) is 4.90 Å². The number of ether oxygens (including phenoxy) is 4. The first kappa shape index (κ1) is 41.9. The van der Waals surface area contributed by atoms with Gasteiger partial charge >= 0.3 is 23.9 Å². The van der Waals surface area contributed by atoms with Gasteiger partial charge in [0, 0.05) is 47.0 Å². The van der Waals surface area contributed by atoms with E-state index >= 15 is 4.79 Å². The minimum absolute atomic E-state index is 0.201. The first-order chi connectivity index (χ1) is 27.4. The molecule has 1 N–H and O–H groups in total. The number of rotatable bonds is 16. The van der Waals surface area contributed by atoms with Crippen LogP contribution in [0.3, 0.4) is 0 Å². The zero-order valence-corrected chi connectivity index (χ0v) is 33.0. The number of para-hydroxylation sites is 1. The number of amides is 1. The fourth-order valence-electron chi connectivity index (χ4n) is 6.55. The summed E-state index contributed by atoms with van der Waals surface area (Å²) in [5, 5.41) is 13.0. The van der Waals surface area contributed by atoms with Gasteiger partial charge in [-0.25, -0.2) is 0 Å². The van der Waals surface area contributed by atoms with E-state index in [-0.39, 0.29) is 5.70 Å². The van der Waals surface area contributed by atoms with Crippen LogP contribution in [0.1, 0.15) is 38.8 Å². The monoisotopic (exact) mass is 792 g/mol. The van der Waals surface area contributed by atoms with Crippen LogP contribution in [0.4, 0.5) is 11.4 Å². The molecule has 57 heavy (non-hydrogen) atoms. The Morgan fingerprint density at radius 1 is 0.702 bits per heavy atom. The highest BCUT2D eigenvalue weighted by molar-refractivity contribution is 8.04. The van der Waals surface area contributed by atoms with E-state index in [9.17, 15) is 19.2 Å². The lowest BCUT2D eigenvalue weighted by atomic mass is 9.76. The van der Waals surface area contributed by atoms with Gasteiger partial charge in [0.2, 0.25) is 5.91 Å². The number of nitrogens with one attached hydrogen (secondary N) is 1. The molecule has 1 aliphatic heterocycles. The number of anilines is 1. The second kappa shape index (κ2) is 19.5. The molecule has 296 valence electrons. The van der Waals surface area contributed by atoms with E-state index in [0.717, 1.165) is 26.3 Å². The SMILES string of the molecule is CC(=O)OC[C@@H](OC(C)=O)[C@H](OC(C)=O)[C@@H](OC(C)=O)[C@@H]1C(N=Nc2ccccc2)=C(N(C)Cc2ccccc2)S[C@]1(C(=O)Nc1ccccc1)c1ccccc1. The highest BCUT2D eigenvalue weighted by atomic mass is 32.2. The summed E-state index contributed by atoms with van der Waals surface area (Å²) in [4.78, 5) is 68.4. The number of azo groups is 1. The molecule has 4 aromatic rings. The van der Waals surface area contributed by atoms with Crippen LogP contribution in [0.25, 0.3) is 0 Å². The number of esters is 4. The smallest absolute Gasteiger partial charge is 0.303 e. The normalized spacial score (nSPS) is 17.9. The van der Waals surface area contributed by atoms with Crippen LogP contribution in [0.15, 0.2) is 142 Å². The Bertz CT molecular complexity index is 2080. The van der Waals surface area contributed by atoms with Crippen LogP contribution in [0.2, 0.25) is 0 Å². The molecule has 0 aromatic heterocycles. The Labute approximate surface area is 335 Å². The minimum atomic E-state index is -1.75. The fourth-order valence-corrected chi connectivity index (χ4v) is 8.12. The van der Waals surface area contributed by atoms with Crippen molar-refractivity contribution in [2.45, 2.75) is 57.3 Å². The lowest BCUT2D eigenvalue weighted by Crippen LogP contribution is -2.56. The Morgan fingerprint density at radius 2 is 1.25 bits per heavy atom. The van der Waals surface area contributed by atoms with Crippen molar-refractivity contribution in [3.05, 3.63) is 143 Å². The van der Waals surface area contributed by atoms with Gasteiger partial charge in [0.25, 0.3) is 0 Å². The Hall–Kier alpha value is -6.28. The van der Waals surface area contributed by atoms with Crippen molar-refractivity contribution in [3.8, 4) is 0 Å². The molecular weight excluding hydrogens is 749 g/mol. The zero-order valence-electron chi connectivity index (χ0n) is 32.2. The van der Waals surface area contributed by atoms with Gasteiger partial charge < -0.3 is 29.2 Å². The van der Waals surface area contributed by atoms with Crippen LogP contribution >= 0.6 is 11.8 Å². The summed E-state index contributed by atoms with van der Waals surface area (Å²) in [6.45, 7) is 4.38. The predicted octanol–water partition coefficient (Wildman–Crippen LogP) is 7.33. The number of thioether (sulfide) groups is 1. The molecule has 0 spiro atoms. The number of hydrogen-bond donors (Lipinski definition) is 1. The number of carbonyl (C=O) groups is 5. The lowest BCUT2D eigenvalue weighted by molar-refractivity contribution is -0.193. The second-order valence-corrected chi connectivity index (χ2v) is 14.4. The van der Waals surface area contributed by atoms with Crippen LogP contribution in [0, 0.1) is 5.92 Å². The lowest BCUT2D eigenvalue weighted by Gasteiger charge is -2.41. The molecule has 5 atom stereocenters. The molecule has 0 fully saturated rings. The summed E-state index contributed by atoms with van der Waals surface area (Å²) < 4.78 is 21.3. The van der Waals surface area contributed by atoms with E-state index in [1.54, 1.807) is 78.9 Å². The Morgan fingerprint density at radius 3 is 1.81 bits per heavy atom. The first-order valence-electron chi connectivity index (χ1n) is 18.1. The van der Waals surface area contributed by atoms with E-state index in [1.165, 1.54) is 18.7 Å². The third-order valence-electron chi connectivity index (χ3n) is 8.81. The maximum absolute atomic E-state index is 15.4. The average Bonchev–Trinajstić information content (AvgIpc) is 3.54. The van der Waals surface area contributed by atoms with Crippen molar-refractivity contribution in [2.24, 2.45) is 16.1 Å². The van der Waals surface area contributed by atoms with Gasteiger partial charge in [-0.1, -0.05) is 109 Å². The van der Waals surface area contributed by atoms with E-state index in [0.29, 0.717) is 28.5 Å². The minimum Gasteiger partial charge on any atom is -0.462 e. The van der Waals surface area contributed by atoms with E-state index in [1.807, 2.05) is 54.4 Å². The van der Waals surface area contributed by atoms with Gasteiger partial charge in [0.1, 0.15) is 17.1 Å². The maximum atomic E-state index is 15.4. The summed E-state index contributed by atoms with van der Waals surface area (Å²) in [7, 11) is 1.84. The fraction of sp³-hybridized carbons (Fsp3) is 0.279. The van der Waals surface area contributed by atoms with Gasteiger partial charge in [-0.05, 0) is 35.4 Å². The van der Waals surface area contributed by atoms with E-state index in [4.69, 9.17) is 24.1 Å². The Balaban J connectivity index is 1.87. The summed E-state index contributed by atoms with van der Waals surface area (Å²) in [6, 6.07) is 36.3. The molecule has 0 saturated carbocycles. The highest BCUT2D eigenvalue weighted by Gasteiger charge is 2.63. The standard InChI is InChI=1S/C43H44N4O9S/c1-28(48)53-27-36(54-29(2)49)39(55-30(3)50)40(56-31(4)51)37-38(46-45-35-24-16-9-17-25-35)41(47(5)26-32-18-10-6-11-19-32)57-43(37,33-20-12-7-13-21-33)42(52)44-34-22-14-8-15-23-34/h6-25,36-37,39-40H,26-27H2,1-5H3,(H,44,52)/t36-,37+,39+,40+,43-/m1/s1. The summed E-state index contributed by atoms with van der Waals surface area (Å²) in [6.07, 6.45) is -4.77. The maximum Gasteiger partial charge on any atom is 0.303 e. The summed E-state index contributed by atoms with van der Waals surface area (Å²) in [5.74, 6) is -5.01. The number of carbonyl (C=O) groups excluding carboxylic acids is 5. The predicted molar refractivity (Wildman–Crippen MR) is 213 cm³/mol. The second-order valence-electron chi connectivity index (χ2n) is 13.2. The van der Waals surface area contributed by atoms with Crippen LogP contribution in [0.5, 0.6) is 0 Å². The molecule has 1 amide bonds. The molecule has 1 heterocycles. The van der Waals surface area contributed by atoms with Gasteiger partial charge in [0.15, 0.2) is 18.3 Å². The molecular formula is C43H44N4O9S. The molecule has 4 aromatic carbocycles. The number of benzene rings is 4. The molecule has 1 aliphatic rings. The summed E-state index contributed by atoms with van der Waals surface area (Å²) >= 11 is 1.17. The highest BCUT2D eigenvalue weighted by Crippen LogP contribution is 2.60. The third kappa shape index (κ3) is 10.7. The zero-order chi connectivity index (χ0) is 41.0. The van der Waals surface area contributed by atoms with Crippen molar-refractivity contribution in [3.63, 3.8) is 0 Å². The molecule has 0 aliphatic carbocycles. The Kier molecular flexibility index (Phi) is 14.4. The molecule has 14 heteroatoms. The van der Waals surface area contributed by atoms with Gasteiger partial charge in [0.05, 0.1) is 16.6 Å². The largest absolute Gasteiger partial charge is 0.462 e. The van der Waals surface area contributed by atoms with Crippen LogP contribution in [-0.4, -0.2) is 66.7 Å². The first-order valence-corrected chi connectivity index (χ1v) is 18.9. The van der Waals surface area contributed by atoms with Gasteiger partial charge in [-0.2, -0.15) is 10.2 Å². The van der Waals surface area contributed by atoms with E-state index in [2.05, 4.69) is 10.4 Å². The van der Waals surface area contributed by atoms with Gasteiger partial charge in [-0.3, -0.25) is 24.0 Å². The number of nitrogens with zero attached hydrogens (tertiary/aromatic N) is 3. The molecule has 0 radical (unpaired) electrons. The number of hydrogen-bond acceptors (Lipinski definition) is 13. The van der Waals surface area contributed by atoms with Crippen molar-refractivity contribution in [2.75, 3.05) is 19.0 Å². The van der Waals surface area contributed by atoms with Crippen molar-refractivity contribution in [1.29, 1.82) is 0 Å².